The van der Waals surface area contributed by atoms with Gasteiger partial charge in [0.05, 0.1) is 17.4 Å². The number of likely N-dealkylation sites (N-methyl/N-ethyl adjacent to an activating group) is 5. The number of pyridine rings is 5. The number of nitriles is 1. The second-order valence-corrected chi connectivity index (χ2v) is 41.4. The van der Waals surface area contributed by atoms with Crippen LogP contribution >= 0.6 is 131 Å². The van der Waals surface area contributed by atoms with Gasteiger partial charge in [-0.2, -0.15) is 13.7 Å². The molecule has 132 heavy (non-hydrogen) atoms. The summed E-state index contributed by atoms with van der Waals surface area (Å²) in [7, 11) is 17.2. The summed E-state index contributed by atoms with van der Waals surface area (Å²) in [5.74, 6) is 0.193. The molecule has 2 N–H and O–H groups in total. The van der Waals surface area contributed by atoms with Crippen molar-refractivity contribution in [1.82, 2.24) is 49.4 Å². The fraction of sp³-hybridized carbons (Fsp3) is 0.293. The van der Waals surface area contributed by atoms with Gasteiger partial charge in [-0.05, 0) is 245 Å². The van der Waals surface area contributed by atoms with Crippen LogP contribution in [-0.4, -0.2) is 196 Å². The molecule has 0 amide bonds. The molecule has 0 bridgehead atoms. The average molecular weight is 2240 g/mol. The Balaban J connectivity index is 0.000000277. The van der Waals surface area contributed by atoms with E-state index in [-0.39, 0.29) is 49.7 Å². The zero-order valence-electron chi connectivity index (χ0n) is 76.7. The van der Waals surface area contributed by atoms with Crippen molar-refractivity contribution < 1.29 is 73.2 Å². The molecule has 16 rings (SSSR count). The van der Waals surface area contributed by atoms with E-state index in [0.717, 1.165) is 126 Å². The number of fused-ring (bicyclic) bond motifs is 5. The third kappa shape index (κ3) is 34.3. The molecule has 1 aliphatic heterocycles. The van der Waals surface area contributed by atoms with Gasteiger partial charge in [0.1, 0.15) is 37.4 Å². The van der Waals surface area contributed by atoms with Gasteiger partial charge < -0.3 is 41.8 Å². The maximum absolute atomic E-state index is 13.1. The Hall–Kier alpha value is -7.00. The Bertz CT molecular complexity index is 6270. The van der Waals surface area contributed by atoms with Crippen LogP contribution in [0.25, 0.3) is 56.0 Å². The van der Waals surface area contributed by atoms with Crippen molar-refractivity contribution in [3.05, 3.63) is 332 Å². The van der Waals surface area contributed by atoms with Gasteiger partial charge in [-0.3, -0.25) is 9.35 Å². The molecule has 19 nitrogen and oxygen atoms in total. The van der Waals surface area contributed by atoms with Gasteiger partial charge in [0.15, 0.2) is 5.78 Å². The van der Waals surface area contributed by atoms with Crippen molar-refractivity contribution in [1.29, 1.82) is 5.26 Å². The van der Waals surface area contributed by atoms with E-state index in [9.17, 15) is 18.3 Å². The number of carbonyl (C=O) groups is 1. The van der Waals surface area contributed by atoms with E-state index in [2.05, 4.69) is 232 Å². The van der Waals surface area contributed by atoms with E-state index in [0.29, 0.717) is 38.4 Å². The number of aliphatic hydroxyl groups is 1. The molecule has 1 saturated heterocycles. The molecular weight excluding hydrogens is 2120 g/mol. The minimum atomic E-state index is -3.67. The number of rotatable bonds is 23. The van der Waals surface area contributed by atoms with E-state index < -0.39 is 34.2 Å². The van der Waals surface area contributed by atoms with Gasteiger partial charge in [-0.25, -0.2) is 24.9 Å². The van der Waals surface area contributed by atoms with E-state index >= 15 is 0 Å². The number of benzene rings is 5. The first-order valence-electron chi connectivity index (χ1n) is 41.2. The van der Waals surface area contributed by atoms with Crippen molar-refractivity contribution >= 4 is 203 Å². The Morgan fingerprint density at radius 1 is 0.508 bits per heavy atom. The van der Waals surface area contributed by atoms with Crippen molar-refractivity contribution in [2.24, 2.45) is 0 Å². The predicted octanol–water partition coefficient (Wildman–Crippen LogP) is 22.1. The van der Waals surface area contributed by atoms with Gasteiger partial charge in [0, 0.05) is 181 Å². The zero-order valence-corrected chi connectivity index (χ0v) is 89.2. The summed E-state index contributed by atoms with van der Waals surface area (Å²) in [5, 5.41) is 27.8. The summed E-state index contributed by atoms with van der Waals surface area (Å²) in [5.41, 5.74) is 7.62. The van der Waals surface area contributed by atoms with Gasteiger partial charge >= 0.3 is 44.1 Å². The summed E-state index contributed by atoms with van der Waals surface area (Å²) >= 11 is 41.4. The Morgan fingerprint density at radius 2 is 0.848 bits per heavy atom. The molecule has 0 saturated carbocycles. The first-order chi connectivity index (χ1) is 62.1. The van der Waals surface area contributed by atoms with Crippen LogP contribution in [0.15, 0.2) is 224 Å². The monoisotopic (exact) mass is 2230 g/mol. The van der Waals surface area contributed by atoms with Gasteiger partial charge in [-0.1, -0.05) is 175 Å². The molecule has 10 aromatic heterocycles. The fourth-order valence-electron chi connectivity index (χ4n) is 13.7. The maximum atomic E-state index is 13.1. The number of ketones is 1. The first-order valence-corrected chi connectivity index (χ1v) is 51.7. The SMILES string of the molecule is C1CCOC1.C=C(c1cccnc1Cl)c1c(CCN(C)C)sc2ccccc12.CC(c1cccnc1Cl)c1c(CCN(C)C)sc2ccccc12.CN(C)CCc1sc2ccccc2c1Br.CN(C)CCc1sc2ccccc2c1C(=O)c1cccnc1Cl.CN(C)CCc1sc2ccccc2c1C(C)(O)c1cccnc1Cl.CS(=O)(=O)O.N#Cc1cccnc1Cl.[CH3-].[HH].[Li+].[O]=[Pt]=[O]. The Morgan fingerprint density at radius 3 is 1.28 bits per heavy atom. The van der Waals surface area contributed by atoms with Gasteiger partial charge in [0.25, 0.3) is 10.1 Å². The predicted molar refractivity (Wildman–Crippen MR) is 554 cm³/mol. The van der Waals surface area contributed by atoms with Crippen molar-refractivity contribution in [2.45, 2.75) is 70.3 Å². The van der Waals surface area contributed by atoms with E-state index in [1.165, 1.54) is 82.9 Å². The summed E-state index contributed by atoms with van der Waals surface area (Å²) in [6.45, 7) is 15.4. The van der Waals surface area contributed by atoms with Crippen LogP contribution in [-0.2, 0) is 77.8 Å². The molecule has 2 atom stereocenters. The number of aromatic nitrogens is 5. The number of thiophene rings is 5. The quantitative estimate of drug-likeness (QED) is 0.0199. The van der Waals surface area contributed by atoms with Crippen LogP contribution in [0.2, 0.25) is 25.8 Å². The molecule has 15 aromatic rings. The van der Waals surface area contributed by atoms with Crippen LogP contribution in [0.4, 0.5) is 0 Å². The van der Waals surface area contributed by atoms with Crippen molar-refractivity contribution in [3.63, 3.8) is 0 Å². The van der Waals surface area contributed by atoms with Crippen molar-refractivity contribution in [3.8, 4) is 6.07 Å². The summed E-state index contributed by atoms with van der Waals surface area (Å²) in [6.07, 6.45) is 16.4. The normalized spacial score (nSPS) is 12.2. The molecule has 1 fully saturated rings. The standard InChI is InChI=1S/C19H21ClN2OS.C19H21ClN2S.C19H19ClN2S.C18H17ClN2OS.C12H14BrNS.C6H3ClN2.C4H8O.CH4O3S.CH3.Li.2O.Pt.H2/c1-19(23,14-8-6-11-21-18(14)20)17-13-7-4-5-9-15(13)24-16(17)10-12-22(2)3;2*1-13(14-8-6-11-21-19(14)20)18-15-7-4-5-9-16(15)23-17(18)10-12-22(2)3;1-21(2)11-9-15-16(12-6-3-4-8-14(12)23-15)17(22)13-7-5-10-20-18(13)19;1-14(2)8-7-11-12(13)9-5-3-4-6-10(9)15-11;7-6-5(4-8)2-1-3-9-6;1-2-4-5-3-1;1-5(2,3)4;;;;;;/h4-9,11,23H,10,12H2,1-3H3;4-9,11,13H,10,12H2,1-3H3;4-9,11H,1,10,12H2,2-3H3;3-8,10H,9,11H2,1-2H3;3-6H,7-8H2,1-2H3;1-3H;1-4H2;1H3,(H,2,3,4);1H3;;;;;1H/q;;;;;;;;-1;+1;;;;. The number of ether oxygens (including phenoxy) is 1. The van der Waals surface area contributed by atoms with Crippen LogP contribution in [0, 0.1) is 18.8 Å². The van der Waals surface area contributed by atoms with E-state index in [4.69, 9.17) is 79.4 Å². The van der Waals surface area contributed by atoms with Crippen LogP contribution in [0.3, 0.4) is 0 Å². The number of hydrogen-bond acceptors (Lipinski definition) is 23. The average Bonchev–Trinajstić information content (AvgIpc) is 1.59. The van der Waals surface area contributed by atoms with Crippen molar-refractivity contribution in [2.75, 3.05) is 123 Å². The van der Waals surface area contributed by atoms with Gasteiger partial charge in [0.2, 0.25) is 0 Å². The molecular formula is C99H112BrCl5LiN11O8PtS6. The third-order valence-electron chi connectivity index (χ3n) is 20.0. The van der Waals surface area contributed by atoms with Crippen LogP contribution in [0.1, 0.15) is 113 Å². The summed E-state index contributed by atoms with van der Waals surface area (Å²) < 4.78 is 55.4. The summed E-state index contributed by atoms with van der Waals surface area (Å²) in [6, 6.07) is 62.2. The second-order valence-electron chi connectivity index (χ2n) is 31.3. The molecule has 2 unspecified atom stereocenters. The number of halogens is 6. The molecule has 0 spiro atoms. The van der Waals surface area contributed by atoms with Crippen LogP contribution < -0.4 is 18.9 Å². The number of nitrogens with zero attached hydrogens (tertiary/aromatic N) is 11. The molecule has 0 aliphatic carbocycles. The minimum absolute atomic E-state index is 0. The fourth-order valence-corrected chi connectivity index (χ4v) is 21.9. The molecule has 11 heterocycles. The van der Waals surface area contributed by atoms with E-state index in [1.54, 1.807) is 77.9 Å². The molecule has 700 valence electrons. The van der Waals surface area contributed by atoms with E-state index in [1.807, 2.05) is 122 Å². The molecule has 0 radical (unpaired) electrons. The Labute approximate surface area is 852 Å². The molecule has 1 aliphatic rings. The topological polar surface area (TPSA) is 239 Å². The second kappa shape index (κ2) is 57.3. The Kier molecular flexibility index (Phi) is 49.3. The summed E-state index contributed by atoms with van der Waals surface area (Å²) in [4.78, 5) is 50.9. The van der Waals surface area contributed by atoms with Gasteiger partial charge in [-0.15, -0.1) is 56.7 Å². The first kappa shape index (κ1) is 114. The number of carbonyl (C=O) groups excluding carboxylic acids is 1. The molecule has 5 aromatic carbocycles. The van der Waals surface area contributed by atoms with Crippen LogP contribution in [0.5, 0.6) is 0 Å². The zero-order chi connectivity index (χ0) is 94.8. The number of hydrogen-bond donors (Lipinski definition) is 2. The third-order valence-corrected chi connectivity index (χ3v) is 28.9. The molecule has 33 heteroatoms.